The van der Waals surface area contributed by atoms with Gasteiger partial charge in [0.05, 0.1) is 6.10 Å². The molecular weight excluding hydrogens is 260 g/mol. The van der Waals surface area contributed by atoms with Crippen molar-refractivity contribution in [2.45, 2.75) is 57.3 Å². The van der Waals surface area contributed by atoms with Crippen molar-refractivity contribution in [3.05, 3.63) is 35.9 Å². The number of aliphatic hydroxyl groups excluding tert-OH is 1. The van der Waals surface area contributed by atoms with E-state index >= 15 is 0 Å². The summed E-state index contributed by atoms with van der Waals surface area (Å²) in [6.07, 6.45) is 3.21. The standard InChI is InChI=1S/C18H28N2O/c1-18(2)14-19(16-9-6-10-17(16)21)11-12-20(18)13-15-7-4-3-5-8-15/h3-5,7-8,16-17,21H,6,9-14H2,1-2H3/t16-,17-/m0/s1. The predicted molar refractivity (Wildman–Crippen MR) is 86.1 cm³/mol. The number of hydrogen-bond acceptors (Lipinski definition) is 3. The van der Waals surface area contributed by atoms with Crippen molar-refractivity contribution in [1.82, 2.24) is 9.80 Å². The van der Waals surface area contributed by atoms with Crippen LogP contribution in [0.4, 0.5) is 0 Å². The maximum absolute atomic E-state index is 10.2. The van der Waals surface area contributed by atoms with E-state index in [4.69, 9.17) is 0 Å². The third kappa shape index (κ3) is 3.31. The molecule has 0 radical (unpaired) electrons. The van der Waals surface area contributed by atoms with E-state index in [0.717, 1.165) is 39.0 Å². The molecule has 2 atom stereocenters. The van der Waals surface area contributed by atoms with Crippen LogP contribution >= 0.6 is 0 Å². The third-order valence-corrected chi connectivity index (χ3v) is 5.23. The summed E-state index contributed by atoms with van der Waals surface area (Å²) in [4.78, 5) is 5.11. The lowest BCUT2D eigenvalue weighted by Gasteiger charge is -2.49. The van der Waals surface area contributed by atoms with E-state index < -0.39 is 0 Å². The number of nitrogens with zero attached hydrogens (tertiary/aromatic N) is 2. The molecule has 3 nitrogen and oxygen atoms in total. The van der Waals surface area contributed by atoms with Gasteiger partial charge in [0.1, 0.15) is 0 Å². The molecule has 0 bridgehead atoms. The molecule has 2 aliphatic rings. The first-order valence-electron chi connectivity index (χ1n) is 8.27. The van der Waals surface area contributed by atoms with Gasteiger partial charge in [-0.15, -0.1) is 0 Å². The molecule has 1 saturated heterocycles. The Balaban J connectivity index is 1.65. The average molecular weight is 288 g/mol. The molecule has 1 saturated carbocycles. The summed E-state index contributed by atoms with van der Waals surface area (Å²) in [5.41, 5.74) is 1.55. The molecule has 3 rings (SSSR count). The first kappa shape index (κ1) is 15.0. The van der Waals surface area contributed by atoms with Crippen LogP contribution < -0.4 is 0 Å². The molecule has 1 heterocycles. The highest BCUT2D eigenvalue weighted by Gasteiger charge is 2.39. The van der Waals surface area contributed by atoms with Crippen LogP contribution in [0.15, 0.2) is 30.3 Å². The molecule has 1 aliphatic carbocycles. The van der Waals surface area contributed by atoms with E-state index in [0.29, 0.717) is 6.04 Å². The molecular formula is C18H28N2O. The number of hydrogen-bond donors (Lipinski definition) is 1. The molecule has 1 N–H and O–H groups in total. The lowest BCUT2D eigenvalue weighted by Crippen LogP contribution is -2.61. The summed E-state index contributed by atoms with van der Waals surface area (Å²) in [6, 6.07) is 11.1. The summed E-state index contributed by atoms with van der Waals surface area (Å²) < 4.78 is 0. The van der Waals surface area contributed by atoms with Gasteiger partial charge in [-0.3, -0.25) is 9.80 Å². The fourth-order valence-electron chi connectivity index (χ4n) is 3.95. The van der Waals surface area contributed by atoms with Gasteiger partial charge in [0.15, 0.2) is 0 Å². The normalized spacial score (nSPS) is 30.6. The fraction of sp³-hybridized carbons (Fsp3) is 0.667. The van der Waals surface area contributed by atoms with Crippen molar-refractivity contribution in [2.24, 2.45) is 0 Å². The second kappa shape index (κ2) is 6.07. The minimum Gasteiger partial charge on any atom is -0.391 e. The minimum atomic E-state index is -0.110. The Kier molecular flexibility index (Phi) is 4.34. The SMILES string of the molecule is CC1(C)CN([C@H]2CCC[C@@H]2O)CCN1Cc1ccccc1. The van der Waals surface area contributed by atoms with Gasteiger partial charge in [0.25, 0.3) is 0 Å². The molecule has 1 aliphatic heterocycles. The summed E-state index contributed by atoms with van der Waals surface area (Å²) in [7, 11) is 0. The summed E-state index contributed by atoms with van der Waals surface area (Å²) in [6.45, 7) is 8.92. The molecule has 3 heteroatoms. The molecule has 2 fully saturated rings. The van der Waals surface area contributed by atoms with Gasteiger partial charge in [-0.25, -0.2) is 0 Å². The lowest BCUT2D eigenvalue weighted by atomic mass is 9.96. The largest absolute Gasteiger partial charge is 0.391 e. The van der Waals surface area contributed by atoms with Crippen LogP contribution in [0.5, 0.6) is 0 Å². The highest BCUT2D eigenvalue weighted by Crippen LogP contribution is 2.30. The van der Waals surface area contributed by atoms with E-state index in [2.05, 4.69) is 54.0 Å². The smallest absolute Gasteiger partial charge is 0.0695 e. The van der Waals surface area contributed by atoms with Crippen LogP contribution in [0.1, 0.15) is 38.7 Å². The summed E-state index contributed by atoms with van der Waals surface area (Å²) in [5, 5.41) is 10.2. The van der Waals surface area contributed by atoms with Crippen molar-refractivity contribution in [3.63, 3.8) is 0 Å². The van der Waals surface area contributed by atoms with Crippen molar-refractivity contribution in [1.29, 1.82) is 0 Å². The van der Waals surface area contributed by atoms with E-state index in [-0.39, 0.29) is 11.6 Å². The molecule has 0 aromatic heterocycles. The quantitative estimate of drug-likeness (QED) is 0.926. The molecule has 1 aromatic rings. The first-order valence-corrected chi connectivity index (χ1v) is 8.27. The van der Waals surface area contributed by atoms with Crippen molar-refractivity contribution < 1.29 is 5.11 Å². The predicted octanol–water partition coefficient (Wildman–Crippen LogP) is 2.50. The Morgan fingerprint density at radius 3 is 2.52 bits per heavy atom. The van der Waals surface area contributed by atoms with Gasteiger partial charge in [-0.2, -0.15) is 0 Å². The highest BCUT2D eigenvalue weighted by atomic mass is 16.3. The number of aliphatic hydroxyl groups is 1. The molecule has 0 unspecified atom stereocenters. The molecule has 0 amide bonds. The Labute approximate surface area is 128 Å². The third-order valence-electron chi connectivity index (χ3n) is 5.23. The molecule has 21 heavy (non-hydrogen) atoms. The Morgan fingerprint density at radius 1 is 1.14 bits per heavy atom. The van der Waals surface area contributed by atoms with E-state index in [1.165, 1.54) is 12.0 Å². The summed E-state index contributed by atoms with van der Waals surface area (Å²) in [5.74, 6) is 0. The van der Waals surface area contributed by atoms with E-state index in [1.807, 2.05) is 0 Å². The second-order valence-corrected chi connectivity index (χ2v) is 7.26. The Morgan fingerprint density at radius 2 is 1.90 bits per heavy atom. The van der Waals surface area contributed by atoms with Crippen molar-refractivity contribution in [2.75, 3.05) is 19.6 Å². The first-order chi connectivity index (χ1) is 10.1. The van der Waals surface area contributed by atoms with Gasteiger partial charge in [0.2, 0.25) is 0 Å². The monoisotopic (exact) mass is 288 g/mol. The van der Waals surface area contributed by atoms with Gasteiger partial charge < -0.3 is 5.11 Å². The number of benzene rings is 1. The zero-order valence-electron chi connectivity index (χ0n) is 13.3. The van der Waals surface area contributed by atoms with Gasteiger partial charge in [-0.1, -0.05) is 30.3 Å². The van der Waals surface area contributed by atoms with Crippen molar-refractivity contribution >= 4 is 0 Å². The van der Waals surface area contributed by atoms with E-state index in [1.54, 1.807) is 0 Å². The summed E-state index contributed by atoms with van der Waals surface area (Å²) >= 11 is 0. The maximum atomic E-state index is 10.2. The molecule has 1 aromatic carbocycles. The lowest BCUT2D eigenvalue weighted by molar-refractivity contribution is -0.0285. The van der Waals surface area contributed by atoms with Crippen LogP contribution in [-0.4, -0.2) is 52.2 Å². The molecule has 116 valence electrons. The van der Waals surface area contributed by atoms with Gasteiger partial charge >= 0.3 is 0 Å². The number of rotatable bonds is 3. The van der Waals surface area contributed by atoms with Crippen LogP contribution in [0.25, 0.3) is 0 Å². The van der Waals surface area contributed by atoms with E-state index in [9.17, 15) is 5.11 Å². The zero-order chi connectivity index (χ0) is 14.9. The second-order valence-electron chi connectivity index (χ2n) is 7.26. The fourth-order valence-corrected chi connectivity index (χ4v) is 3.95. The van der Waals surface area contributed by atoms with Crippen LogP contribution in [-0.2, 0) is 6.54 Å². The minimum absolute atomic E-state index is 0.110. The van der Waals surface area contributed by atoms with Crippen LogP contribution in [0, 0.1) is 0 Å². The maximum Gasteiger partial charge on any atom is 0.0695 e. The highest BCUT2D eigenvalue weighted by molar-refractivity contribution is 5.15. The zero-order valence-corrected chi connectivity index (χ0v) is 13.3. The average Bonchev–Trinajstić information content (AvgIpc) is 2.88. The topological polar surface area (TPSA) is 26.7 Å². The van der Waals surface area contributed by atoms with Gasteiger partial charge in [-0.05, 0) is 38.7 Å². The Bertz CT molecular complexity index is 460. The molecule has 0 spiro atoms. The Hall–Kier alpha value is -0.900. The van der Waals surface area contributed by atoms with Gasteiger partial charge in [0, 0.05) is 37.8 Å². The van der Waals surface area contributed by atoms with Crippen LogP contribution in [0.3, 0.4) is 0 Å². The van der Waals surface area contributed by atoms with Crippen molar-refractivity contribution in [3.8, 4) is 0 Å². The van der Waals surface area contributed by atoms with Crippen LogP contribution in [0.2, 0.25) is 0 Å². The number of piperazine rings is 1.